The topological polar surface area (TPSA) is 60.0 Å². The van der Waals surface area contributed by atoms with E-state index in [4.69, 9.17) is 0 Å². The summed E-state index contributed by atoms with van der Waals surface area (Å²) in [7, 11) is 1.88. The molecule has 0 unspecified atom stereocenters. The molecule has 0 spiro atoms. The third kappa shape index (κ3) is 5.83. The van der Waals surface area contributed by atoms with Gasteiger partial charge in [-0.25, -0.2) is 4.98 Å². The summed E-state index contributed by atoms with van der Waals surface area (Å²) < 4.78 is 0. The van der Waals surface area contributed by atoms with Gasteiger partial charge in [0, 0.05) is 83.1 Å². The zero-order chi connectivity index (χ0) is 24.9. The molecule has 2 aliphatic rings. The minimum Gasteiger partial charge on any atom is -0.340 e. The number of thiazole rings is 1. The Labute approximate surface area is 217 Å². The van der Waals surface area contributed by atoms with Crippen LogP contribution in [0.5, 0.6) is 0 Å². The van der Waals surface area contributed by atoms with Crippen LogP contribution in [0.25, 0.3) is 0 Å². The molecule has 3 heterocycles. The van der Waals surface area contributed by atoms with Gasteiger partial charge in [-0.1, -0.05) is 36.4 Å². The van der Waals surface area contributed by atoms with Gasteiger partial charge in [0.05, 0.1) is 0 Å². The van der Waals surface area contributed by atoms with E-state index in [-0.39, 0.29) is 11.8 Å². The molecular weight excluding hydrogens is 470 g/mol. The number of hydrogen-bond acceptors (Lipinski definition) is 6. The number of aromatic nitrogens is 1. The summed E-state index contributed by atoms with van der Waals surface area (Å²) >= 11 is 1.39. The molecule has 3 aromatic rings. The minimum absolute atomic E-state index is 0.0209. The Bertz CT molecular complexity index is 1180. The lowest BCUT2D eigenvalue weighted by Gasteiger charge is -2.35. The molecule has 2 aliphatic heterocycles. The summed E-state index contributed by atoms with van der Waals surface area (Å²) in [6, 6.07) is 16.8. The number of piperazine rings is 1. The second-order valence-corrected chi connectivity index (χ2v) is 10.5. The van der Waals surface area contributed by atoms with Crippen molar-refractivity contribution in [2.24, 2.45) is 0 Å². The molecule has 1 aromatic heterocycles. The van der Waals surface area contributed by atoms with Gasteiger partial charge in [0.1, 0.15) is 0 Å². The number of amides is 2. The number of carbonyl (C=O) groups is 2. The lowest BCUT2D eigenvalue weighted by atomic mass is 9.96. The van der Waals surface area contributed by atoms with Crippen molar-refractivity contribution in [3.05, 3.63) is 87.4 Å². The zero-order valence-corrected chi connectivity index (χ0v) is 21.6. The largest absolute Gasteiger partial charge is 0.340 e. The fraction of sp³-hybridized carbons (Fsp3) is 0.393. The molecule has 8 heteroatoms. The van der Waals surface area contributed by atoms with Crippen LogP contribution in [-0.4, -0.2) is 89.3 Å². The van der Waals surface area contributed by atoms with E-state index < -0.39 is 0 Å². The average Bonchev–Trinajstić information content (AvgIpc) is 3.47. The van der Waals surface area contributed by atoms with Crippen LogP contribution in [0.1, 0.15) is 36.9 Å². The molecule has 2 amide bonds. The monoisotopic (exact) mass is 503 g/mol. The highest BCUT2D eigenvalue weighted by atomic mass is 32.1. The number of benzene rings is 2. The van der Waals surface area contributed by atoms with Gasteiger partial charge in [-0.05, 0) is 35.2 Å². The summed E-state index contributed by atoms with van der Waals surface area (Å²) in [5.74, 6) is 0.0923. The molecule has 5 rings (SSSR count). The van der Waals surface area contributed by atoms with E-state index >= 15 is 0 Å². The van der Waals surface area contributed by atoms with Crippen molar-refractivity contribution in [1.29, 1.82) is 0 Å². The summed E-state index contributed by atoms with van der Waals surface area (Å²) in [6.07, 6.45) is 2.64. The second kappa shape index (κ2) is 11.3. The molecule has 0 bridgehead atoms. The van der Waals surface area contributed by atoms with Crippen LogP contribution in [0.3, 0.4) is 0 Å². The first-order valence-corrected chi connectivity index (χ1v) is 13.5. The van der Waals surface area contributed by atoms with E-state index in [1.54, 1.807) is 6.20 Å². The molecule has 0 atom stereocenters. The van der Waals surface area contributed by atoms with Crippen LogP contribution >= 0.6 is 11.3 Å². The summed E-state index contributed by atoms with van der Waals surface area (Å²) in [6.45, 7) is 7.39. The van der Waals surface area contributed by atoms with Gasteiger partial charge in [-0.15, -0.1) is 11.3 Å². The van der Waals surface area contributed by atoms with E-state index in [9.17, 15) is 9.59 Å². The SMILES string of the molecule is CN(CCN1CCN(C(=O)c2nccs2)CC1)C(=O)c1ccc2c(c1)CCN(Cc1ccccc1)C2. The maximum atomic E-state index is 13.1. The highest BCUT2D eigenvalue weighted by Gasteiger charge is 2.24. The van der Waals surface area contributed by atoms with E-state index in [1.807, 2.05) is 28.3 Å². The number of hydrogen-bond donors (Lipinski definition) is 0. The second-order valence-electron chi connectivity index (χ2n) is 9.63. The fourth-order valence-corrected chi connectivity index (χ4v) is 5.58. The first-order valence-electron chi connectivity index (χ1n) is 12.6. The zero-order valence-electron chi connectivity index (χ0n) is 20.8. The van der Waals surface area contributed by atoms with Crippen molar-refractivity contribution in [2.45, 2.75) is 19.5 Å². The molecule has 1 saturated heterocycles. The Kier molecular flexibility index (Phi) is 7.75. The van der Waals surface area contributed by atoms with Crippen LogP contribution in [0.15, 0.2) is 60.1 Å². The van der Waals surface area contributed by atoms with Crippen molar-refractivity contribution in [1.82, 2.24) is 24.6 Å². The van der Waals surface area contributed by atoms with Crippen LogP contribution in [0.4, 0.5) is 0 Å². The Hall–Kier alpha value is -3.07. The number of fused-ring (bicyclic) bond motifs is 1. The molecule has 0 radical (unpaired) electrons. The minimum atomic E-state index is 0.0209. The maximum absolute atomic E-state index is 13.1. The Morgan fingerprint density at radius 2 is 1.78 bits per heavy atom. The fourth-order valence-electron chi connectivity index (χ4n) is 4.97. The van der Waals surface area contributed by atoms with Crippen molar-refractivity contribution < 1.29 is 9.59 Å². The van der Waals surface area contributed by atoms with Crippen molar-refractivity contribution >= 4 is 23.2 Å². The van der Waals surface area contributed by atoms with Gasteiger partial charge >= 0.3 is 0 Å². The van der Waals surface area contributed by atoms with Crippen molar-refractivity contribution in [2.75, 3.05) is 52.9 Å². The summed E-state index contributed by atoms with van der Waals surface area (Å²) in [4.78, 5) is 38.2. The molecule has 0 aliphatic carbocycles. The predicted octanol–water partition coefficient (Wildman–Crippen LogP) is 3.23. The van der Waals surface area contributed by atoms with Crippen LogP contribution < -0.4 is 0 Å². The number of rotatable bonds is 7. The third-order valence-electron chi connectivity index (χ3n) is 7.17. The van der Waals surface area contributed by atoms with E-state index in [0.717, 1.165) is 51.3 Å². The lowest BCUT2D eigenvalue weighted by molar-refractivity contribution is 0.0615. The molecule has 0 N–H and O–H groups in total. The van der Waals surface area contributed by atoms with Gasteiger partial charge in [0.25, 0.3) is 11.8 Å². The van der Waals surface area contributed by atoms with Crippen molar-refractivity contribution in [3.63, 3.8) is 0 Å². The molecule has 0 saturated carbocycles. The highest BCUT2D eigenvalue weighted by Crippen LogP contribution is 2.22. The first kappa shape index (κ1) is 24.6. The summed E-state index contributed by atoms with van der Waals surface area (Å²) in [5, 5.41) is 2.39. The van der Waals surface area contributed by atoms with Gasteiger partial charge < -0.3 is 9.80 Å². The smallest absolute Gasteiger partial charge is 0.282 e. The Balaban J connectivity index is 1.09. The predicted molar refractivity (Wildman–Crippen MR) is 142 cm³/mol. The van der Waals surface area contributed by atoms with Crippen molar-refractivity contribution in [3.8, 4) is 0 Å². The van der Waals surface area contributed by atoms with Gasteiger partial charge in [0.2, 0.25) is 0 Å². The maximum Gasteiger partial charge on any atom is 0.282 e. The lowest BCUT2D eigenvalue weighted by Crippen LogP contribution is -2.50. The quantitative estimate of drug-likeness (QED) is 0.496. The molecule has 2 aromatic carbocycles. The number of likely N-dealkylation sites (N-methyl/N-ethyl adjacent to an activating group) is 1. The van der Waals surface area contributed by atoms with Crippen LogP contribution in [-0.2, 0) is 19.5 Å². The van der Waals surface area contributed by atoms with Crippen LogP contribution in [0.2, 0.25) is 0 Å². The molecule has 188 valence electrons. The van der Waals surface area contributed by atoms with Gasteiger partial charge in [-0.3, -0.25) is 19.4 Å². The molecule has 1 fully saturated rings. The normalized spacial score (nSPS) is 16.5. The Morgan fingerprint density at radius 1 is 0.972 bits per heavy atom. The average molecular weight is 504 g/mol. The van der Waals surface area contributed by atoms with Gasteiger partial charge in [-0.2, -0.15) is 0 Å². The molecular formula is C28H33N5O2S. The number of nitrogens with zero attached hydrogens (tertiary/aromatic N) is 5. The first-order chi connectivity index (χ1) is 17.6. The van der Waals surface area contributed by atoms with Gasteiger partial charge in [0.15, 0.2) is 5.01 Å². The van der Waals surface area contributed by atoms with E-state index in [2.05, 4.69) is 57.2 Å². The molecule has 7 nitrogen and oxygen atoms in total. The van der Waals surface area contributed by atoms with Crippen LogP contribution in [0, 0.1) is 0 Å². The van der Waals surface area contributed by atoms with E-state index in [1.165, 1.54) is 28.0 Å². The standard InChI is InChI=1S/C28H33N5O2S/c1-30(12-13-31-14-16-33(17-15-31)28(35)26-29-10-18-36-26)27(34)24-7-8-25-21-32(11-9-23(25)19-24)20-22-5-3-2-4-6-22/h2-8,10,18-19H,9,11-17,20-21H2,1H3. The Morgan fingerprint density at radius 3 is 2.53 bits per heavy atom. The highest BCUT2D eigenvalue weighted by molar-refractivity contribution is 7.11. The van der Waals surface area contributed by atoms with E-state index in [0.29, 0.717) is 24.6 Å². The number of carbonyl (C=O) groups excluding carboxylic acids is 2. The molecule has 36 heavy (non-hydrogen) atoms. The summed E-state index contributed by atoms with van der Waals surface area (Å²) in [5.41, 5.74) is 4.72. The third-order valence-corrected chi connectivity index (χ3v) is 7.93.